The van der Waals surface area contributed by atoms with E-state index in [4.69, 9.17) is 19.3 Å². The Morgan fingerprint density at radius 3 is 2.18 bits per heavy atom. The average molecular weight is 723 g/mol. The topological polar surface area (TPSA) is 183 Å². The van der Waals surface area contributed by atoms with E-state index in [0.717, 1.165) is 44.1 Å². The van der Waals surface area contributed by atoms with Gasteiger partial charge in [0.15, 0.2) is 6.29 Å². The first-order valence-electron chi connectivity index (χ1n) is 19.4. The van der Waals surface area contributed by atoms with Crippen LogP contribution in [0.2, 0.25) is 0 Å². The normalized spacial score (nSPS) is 45.8. The molecular formula is C40H66O11. The lowest BCUT2D eigenvalue weighted by atomic mass is 9.35. The lowest BCUT2D eigenvalue weighted by Crippen LogP contribution is -2.67. The third-order valence-electron chi connectivity index (χ3n) is 15.4. The number of aliphatic hydroxyl groups is 5. The Balaban J connectivity index is 1.42. The molecule has 292 valence electrons. The summed E-state index contributed by atoms with van der Waals surface area (Å²) in [5, 5.41) is 65.1. The molecule has 4 aliphatic carbocycles. The molecule has 0 aromatic heterocycles. The van der Waals surface area contributed by atoms with E-state index in [0.29, 0.717) is 31.1 Å². The molecule has 1 heterocycles. The minimum absolute atomic E-state index is 0.00482. The number of ether oxygens (including phenoxy) is 3. The number of carboxylic acid groups (broad SMARTS) is 1. The molecule has 0 aromatic rings. The summed E-state index contributed by atoms with van der Waals surface area (Å²) in [5.41, 5.74) is -0.205. The lowest BCUT2D eigenvalue weighted by Gasteiger charge is -2.70. The van der Waals surface area contributed by atoms with Gasteiger partial charge in [-0.3, -0.25) is 9.59 Å². The molecule has 4 saturated carbocycles. The van der Waals surface area contributed by atoms with Crippen molar-refractivity contribution in [3.05, 3.63) is 11.6 Å². The standard InChI is InChI=1S/C40H66O11/c1-22(2)10-9-16-40(8,51-35-34(48)33(47)32(46)25(50-35)21-49-30(45)12-11-29(43)44)23-13-18-39(7)31(23)24(41)20-27-37(5)17-15-28(42)36(3,4)26(37)14-19-38(27,39)6/h10,23-28,31-35,41-42,46-48H,9,11-21H2,1-8H3,(H,43,44)/t23?,24-,25-,26?,27?,28+,31?,32-,33+,34-,35+,37+,38-,39-,40+/m1/s1. The van der Waals surface area contributed by atoms with E-state index in [1.807, 2.05) is 20.8 Å². The number of fused-ring (bicyclic) bond motifs is 5. The number of hydrogen-bond acceptors (Lipinski definition) is 10. The van der Waals surface area contributed by atoms with Gasteiger partial charge < -0.3 is 44.8 Å². The molecule has 4 unspecified atom stereocenters. The fraction of sp³-hybridized carbons (Fsp3) is 0.900. The van der Waals surface area contributed by atoms with Crippen molar-refractivity contribution in [2.24, 2.45) is 45.3 Å². The van der Waals surface area contributed by atoms with Crippen LogP contribution in [-0.2, 0) is 23.8 Å². The van der Waals surface area contributed by atoms with Crippen LogP contribution in [0.3, 0.4) is 0 Å². The number of rotatable bonds is 11. The molecule has 6 N–H and O–H groups in total. The van der Waals surface area contributed by atoms with Crippen LogP contribution < -0.4 is 0 Å². The van der Waals surface area contributed by atoms with Crippen LogP contribution in [-0.4, -0.2) is 97.7 Å². The minimum atomic E-state index is -1.64. The zero-order valence-electron chi connectivity index (χ0n) is 32.1. The predicted molar refractivity (Wildman–Crippen MR) is 189 cm³/mol. The molecule has 0 bridgehead atoms. The third kappa shape index (κ3) is 7.07. The summed E-state index contributed by atoms with van der Waals surface area (Å²) < 4.78 is 18.1. The van der Waals surface area contributed by atoms with E-state index >= 15 is 0 Å². The van der Waals surface area contributed by atoms with Crippen molar-refractivity contribution in [2.75, 3.05) is 6.61 Å². The number of carbonyl (C=O) groups excluding carboxylic acids is 1. The van der Waals surface area contributed by atoms with Gasteiger partial charge in [0.25, 0.3) is 0 Å². The van der Waals surface area contributed by atoms with Gasteiger partial charge in [-0.05, 0) is 124 Å². The summed E-state index contributed by atoms with van der Waals surface area (Å²) in [7, 11) is 0. The SMILES string of the molecule is CC(C)=CCC[C@](C)(O[C@@H]1O[C@H](COC(=O)CCC(=O)O)[C@@H](O)[C@H](O)[C@H]1O)C1CC[C@]2(C)C1[C@H](O)CC1[C@@]3(C)CC[C@H](O)C(C)(C)C3CC[C@]12C. The van der Waals surface area contributed by atoms with Crippen LogP contribution in [0, 0.1) is 45.3 Å². The van der Waals surface area contributed by atoms with Gasteiger partial charge in [0.1, 0.15) is 31.0 Å². The lowest BCUT2D eigenvalue weighted by molar-refractivity contribution is -0.336. The van der Waals surface area contributed by atoms with Gasteiger partial charge in [0, 0.05) is 0 Å². The first kappa shape index (κ1) is 40.6. The van der Waals surface area contributed by atoms with Crippen LogP contribution >= 0.6 is 0 Å². The smallest absolute Gasteiger partial charge is 0.306 e. The first-order valence-corrected chi connectivity index (χ1v) is 19.4. The van der Waals surface area contributed by atoms with Crippen molar-refractivity contribution in [3.8, 4) is 0 Å². The van der Waals surface area contributed by atoms with Gasteiger partial charge in [-0.2, -0.15) is 0 Å². The summed E-state index contributed by atoms with van der Waals surface area (Å²) in [6.07, 6.45) is 0.518. The summed E-state index contributed by atoms with van der Waals surface area (Å²) in [5.74, 6) is -1.47. The van der Waals surface area contributed by atoms with Gasteiger partial charge in [0.2, 0.25) is 0 Å². The Morgan fingerprint density at radius 1 is 0.863 bits per heavy atom. The molecule has 0 aromatic carbocycles. The van der Waals surface area contributed by atoms with Crippen LogP contribution in [0.5, 0.6) is 0 Å². The maximum absolute atomic E-state index is 12.4. The van der Waals surface area contributed by atoms with E-state index < -0.39 is 67.4 Å². The quantitative estimate of drug-likeness (QED) is 0.128. The van der Waals surface area contributed by atoms with Crippen molar-refractivity contribution >= 4 is 11.9 Å². The van der Waals surface area contributed by atoms with Crippen molar-refractivity contribution in [1.82, 2.24) is 0 Å². The molecule has 0 radical (unpaired) electrons. The molecule has 15 atom stereocenters. The number of hydrogen-bond donors (Lipinski definition) is 6. The summed E-state index contributed by atoms with van der Waals surface area (Å²) in [6, 6.07) is 0. The van der Waals surface area contributed by atoms with Gasteiger partial charge in [0.05, 0.1) is 30.7 Å². The second kappa shape index (κ2) is 14.6. The fourth-order valence-corrected chi connectivity index (χ4v) is 12.3. The van der Waals surface area contributed by atoms with Crippen molar-refractivity contribution in [1.29, 1.82) is 0 Å². The number of esters is 1. The maximum atomic E-state index is 12.4. The third-order valence-corrected chi connectivity index (χ3v) is 15.4. The van der Waals surface area contributed by atoms with E-state index in [1.54, 1.807) is 0 Å². The van der Waals surface area contributed by atoms with Crippen molar-refractivity contribution in [3.63, 3.8) is 0 Å². The Kier molecular flexibility index (Phi) is 11.6. The number of aliphatic carboxylic acids is 1. The van der Waals surface area contributed by atoms with Crippen molar-refractivity contribution in [2.45, 2.75) is 175 Å². The van der Waals surface area contributed by atoms with E-state index in [1.165, 1.54) is 0 Å². The Bertz CT molecular complexity index is 1310. The average Bonchev–Trinajstić information content (AvgIpc) is 3.43. The zero-order valence-corrected chi connectivity index (χ0v) is 32.1. The molecular weight excluding hydrogens is 656 g/mol. The summed E-state index contributed by atoms with van der Waals surface area (Å²) in [6.45, 7) is 17.3. The predicted octanol–water partition coefficient (Wildman–Crippen LogP) is 4.74. The van der Waals surface area contributed by atoms with Gasteiger partial charge in [-0.1, -0.05) is 46.3 Å². The fourth-order valence-electron chi connectivity index (χ4n) is 12.3. The highest BCUT2D eigenvalue weighted by Gasteiger charge is 2.71. The number of aliphatic hydroxyl groups excluding tert-OH is 5. The van der Waals surface area contributed by atoms with Crippen LogP contribution in [0.4, 0.5) is 0 Å². The van der Waals surface area contributed by atoms with Crippen LogP contribution in [0.1, 0.15) is 126 Å². The molecule has 5 fully saturated rings. The highest BCUT2D eigenvalue weighted by molar-refractivity contribution is 5.76. The second-order valence-electron chi connectivity index (χ2n) is 18.7. The number of carbonyl (C=O) groups is 2. The number of carboxylic acids is 1. The van der Waals surface area contributed by atoms with Crippen LogP contribution in [0.25, 0.3) is 0 Å². The van der Waals surface area contributed by atoms with E-state index in [2.05, 4.69) is 40.7 Å². The minimum Gasteiger partial charge on any atom is -0.481 e. The largest absolute Gasteiger partial charge is 0.481 e. The molecule has 5 aliphatic rings. The van der Waals surface area contributed by atoms with Crippen molar-refractivity contribution < 1.29 is 54.4 Å². The van der Waals surface area contributed by atoms with Gasteiger partial charge >= 0.3 is 11.9 Å². The highest BCUT2D eigenvalue weighted by atomic mass is 16.7. The second-order valence-corrected chi connectivity index (χ2v) is 18.7. The molecule has 0 amide bonds. The molecule has 1 aliphatic heterocycles. The molecule has 1 saturated heterocycles. The Morgan fingerprint density at radius 2 is 1.53 bits per heavy atom. The van der Waals surface area contributed by atoms with E-state index in [9.17, 15) is 35.1 Å². The monoisotopic (exact) mass is 722 g/mol. The maximum Gasteiger partial charge on any atom is 0.306 e. The Hall–Kier alpha value is -1.60. The first-order chi connectivity index (χ1) is 23.6. The molecule has 11 heteroatoms. The highest BCUT2D eigenvalue weighted by Crippen LogP contribution is 2.76. The van der Waals surface area contributed by atoms with E-state index in [-0.39, 0.29) is 46.0 Å². The molecule has 11 nitrogen and oxygen atoms in total. The van der Waals surface area contributed by atoms with Gasteiger partial charge in [-0.15, -0.1) is 0 Å². The zero-order chi connectivity index (χ0) is 37.9. The molecule has 5 rings (SSSR count). The number of allylic oxidation sites excluding steroid dienone is 2. The van der Waals surface area contributed by atoms with Crippen LogP contribution in [0.15, 0.2) is 11.6 Å². The summed E-state index contributed by atoms with van der Waals surface area (Å²) in [4.78, 5) is 23.0. The summed E-state index contributed by atoms with van der Waals surface area (Å²) >= 11 is 0. The molecule has 51 heavy (non-hydrogen) atoms. The van der Waals surface area contributed by atoms with Gasteiger partial charge in [-0.25, -0.2) is 0 Å². The Labute approximate surface area is 304 Å². The molecule has 0 spiro atoms.